The van der Waals surface area contributed by atoms with E-state index in [0.29, 0.717) is 5.92 Å². The Morgan fingerprint density at radius 1 is 1.24 bits per heavy atom. The van der Waals surface area contributed by atoms with E-state index in [9.17, 15) is 4.79 Å². The van der Waals surface area contributed by atoms with Crippen LogP contribution in [0.5, 0.6) is 0 Å². The highest BCUT2D eigenvalue weighted by molar-refractivity contribution is 5.83. The SMILES string of the molecule is CC(C(=O)N1CCCC(c2cc3cccnc3[nH]2)C1)c1ccccc1. The van der Waals surface area contributed by atoms with Crippen molar-refractivity contribution in [1.29, 1.82) is 0 Å². The van der Waals surface area contributed by atoms with Gasteiger partial charge in [-0.2, -0.15) is 0 Å². The van der Waals surface area contributed by atoms with Crippen LogP contribution < -0.4 is 0 Å². The molecule has 128 valence electrons. The Morgan fingerprint density at radius 3 is 2.88 bits per heavy atom. The molecular formula is C21H23N3O. The number of amides is 1. The fraction of sp³-hybridized carbons (Fsp3) is 0.333. The number of pyridine rings is 1. The molecule has 0 radical (unpaired) electrons. The van der Waals surface area contributed by atoms with Crippen LogP contribution in [0.4, 0.5) is 0 Å². The van der Waals surface area contributed by atoms with E-state index in [1.54, 1.807) is 6.20 Å². The number of carbonyl (C=O) groups is 1. The highest BCUT2D eigenvalue weighted by atomic mass is 16.2. The Hall–Kier alpha value is -2.62. The average Bonchev–Trinajstić information content (AvgIpc) is 3.12. The number of nitrogens with zero attached hydrogens (tertiary/aromatic N) is 2. The Balaban J connectivity index is 1.51. The minimum Gasteiger partial charge on any atom is -0.343 e. The number of H-pyrrole nitrogens is 1. The predicted molar refractivity (Wildman–Crippen MR) is 99.5 cm³/mol. The van der Waals surface area contributed by atoms with Gasteiger partial charge in [-0.1, -0.05) is 30.3 Å². The highest BCUT2D eigenvalue weighted by Gasteiger charge is 2.28. The van der Waals surface area contributed by atoms with E-state index in [4.69, 9.17) is 0 Å². The summed E-state index contributed by atoms with van der Waals surface area (Å²) in [7, 11) is 0. The highest BCUT2D eigenvalue weighted by Crippen LogP contribution is 2.30. The van der Waals surface area contributed by atoms with E-state index in [0.717, 1.165) is 42.5 Å². The summed E-state index contributed by atoms with van der Waals surface area (Å²) in [5, 5.41) is 1.14. The van der Waals surface area contributed by atoms with E-state index in [1.807, 2.05) is 48.2 Å². The fourth-order valence-electron chi connectivity index (χ4n) is 3.79. The third-order valence-electron chi connectivity index (χ3n) is 5.26. The number of fused-ring (bicyclic) bond motifs is 1. The van der Waals surface area contributed by atoms with Crippen molar-refractivity contribution in [3.05, 3.63) is 66.0 Å². The molecule has 0 bridgehead atoms. The smallest absolute Gasteiger partial charge is 0.229 e. The number of hydrogen-bond donors (Lipinski definition) is 1. The number of nitrogens with one attached hydrogen (secondary N) is 1. The van der Waals surface area contributed by atoms with E-state index in [2.05, 4.69) is 22.1 Å². The van der Waals surface area contributed by atoms with Gasteiger partial charge in [-0.15, -0.1) is 0 Å². The van der Waals surface area contributed by atoms with E-state index >= 15 is 0 Å². The molecule has 3 aromatic rings. The second kappa shape index (κ2) is 6.71. The van der Waals surface area contributed by atoms with Crippen LogP contribution in [0.3, 0.4) is 0 Å². The zero-order chi connectivity index (χ0) is 17.2. The number of aromatic nitrogens is 2. The molecule has 1 aliphatic heterocycles. The number of hydrogen-bond acceptors (Lipinski definition) is 2. The number of piperidine rings is 1. The number of aromatic amines is 1. The standard InChI is InChI=1S/C21H23N3O/c1-15(16-7-3-2-4-8-16)21(25)24-12-6-10-18(14-24)19-13-17-9-5-11-22-20(17)23-19/h2-5,7-9,11,13,15,18H,6,10,12,14H2,1H3,(H,22,23). The van der Waals surface area contributed by atoms with Gasteiger partial charge in [0.2, 0.25) is 5.91 Å². The molecule has 1 fully saturated rings. The number of carbonyl (C=O) groups excluding carboxylic acids is 1. The summed E-state index contributed by atoms with van der Waals surface area (Å²) in [6.45, 7) is 3.64. The summed E-state index contributed by atoms with van der Waals surface area (Å²) in [4.78, 5) is 22.8. The van der Waals surface area contributed by atoms with Gasteiger partial charge in [0.25, 0.3) is 0 Å². The summed E-state index contributed by atoms with van der Waals surface area (Å²) >= 11 is 0. The third kappa shape index (κ3) is 3.16. The van der Waals surface area contributed by atoms with Gasteiger partial charge in [-0.05, 0) is 43.5 Å². The van der Waals surface area contributed by atoms with Gasteiger partial charge in [0.15, 0.2) is 0 Å². The molecule has 4 heteroatoms. The molecule has 1 aromatic carbocycles. The van der Waals surface area contributed by atoms with Gasteiger partial charge in [0, 0.05) is 36.3 Å². The van der Waals surface area contributed by atoms with Crippen LogP contribution in [0.15, 0.2) is 54.7 Å². The molecule has 4 rings (SSSR count). The molecule has 4 nitrogen and oxygen atoms in total. The fourth-order valence-corrected chi connectivity index (χ4v) is 3.79. The summed E-state index contributed by atoms with van der Waals surface area (Å²) in [5.41, 5.74) is 3.21. The number of rotatable bonds is 3. The Kier molecular flexibility index (Phi) is 4.26. The molecule has 3 heterocycles. The van der Waals surface area contributed by atoms with E-state index in [1.165, 1.54) is 5.69 Å². The molecule has 1 saturated heterocycles. The number of likely N-dealkylation sites (tertiary alicyclic amines) is 1. The monoisotopic (exact) mass is 333 g/mol. The zero-order valence-electron chi connectivity index (χ0n) is 14.5. The largest absolute Gasteiger partial charge is 0.343 e. The van der Waals surface area contributed by atoms with Crippen LogP contribution in [-0.2, 0) is 4.79 Å². The van der Waals surface area contributed by atoms with Gasteiger partial charge in [-0.3, -0.25) is 4.79 Å². The summed E-state index contributed by atoms with van der Waals surface area (Å²) in [6, 6.07) is 16.3. The number of benzene rings is 1. The molecule has 25 heavy (non-hydrogen) atoms. The third-order valence-corrected chi connectivity index (χ3v) is 5.26. The second-order valence-electron chi connectivity index (χ2n) is 6.92. The van der Waals surface area contributed by atoms with Crippen LogP contribution in [0, 0.1) is 0 Å². The van der Waals surface area contributed by atoms with Crippen LogP contribution in [0.2, 0.25) is 0 Å². The first-order valence-electron chi connectivity index (χ1n) is 9.00. The maximum absolute atomic E-state index is 13.0. The molecule has 1 N–H and O–H groups in total. The van der Waals surface area contributed by atoms with Gasteiger partial charge in [0.1, 0.15) is 5.65 Å². The van der Waals surface area contributed by atoms with Crippen molar-refractivity contribution in [2.24, 2.45) is 0 Å². The maximum atomic E-state index is 13.0. The maximum Gasteiger partial charge on any atom is 0.229 e. The molecule has 1 amide bonds. The molecule has 0 saturated carbocycles. The molecule has 0 spiro atoms. The lowest BCUT2D eigenvalue weighted by Crippen LogP contribution is -2.41. The van der Waals surface area contributed by atoms with Crippen molar-refractivity contribution in [3.8, 4) is 0 Å². The first-order chi connectivity index (χ1) is 12.2. The molecule has 2 unspecified atom stereocenters. The van der Waals surface area contributed by atoms with Gasteiger partial charge in [-0.25, -0.2) is 4.98 Å². The van der Waals surface area contributed by atoms with Gasteiger partial charge < -0.3 is 9.88 Å². The molecule has 2 aromatic heterocycles. The first-order valence-corrected chi connectivity index (χ1v) is 9.00. The van der Waals surface area contributed by atoms with Crippen molar-refractivity contribution in [3.63, 3.8) is 0 Å². The second-order valence-corrected chi connectivity index (χ2v) is 6.92. The normalized spacial score (nSPS) is 19.1. The molecular weight excluding hydrogens is 310 g/mol. The lowest BCUT2D eigenvalue weighted by Gasteiger charge is -2.34. The van der Waals surface area contributed by atoms with Crippen LogP contribution in [-0.4, -0.2) is 33.9 Å². The lowest BCUT2D eigenvalue weighted by atomic mass is 9.92. The van der Waals surface area contributed by atoms with Crippen molar-refractivity contribution in [2.45, 2.75) is 31.6 Å². The topological polar surface area (TPSA) is 49.0 Å². The molecule has 2 atom stereocenters. The Morgan fingerprint density at radius 2 is 2.08 bits per heavy atom. The van der Waals surface area contributed by atoms with Crippen LogP contribution in [0.1, 0.15) is 42.9 Å². The minimum atomic E-state index is -0.0932. The molecule has 0 aliphatic carbocycles. The predicted octanol–water partition coefficient (Wildman–Crippen LogP) is 4.07. The average molecular weight is 333 g/mol. The van der Waals surface area contributed by atoms with Crippen molar-refractivity contribution in [2.75, 3.05) is 13.1 Å². The van der Waals surface area contributed by atoms with Crippen molar-refractivity contribution >= 4 is 16.9 Å². The quantitative estimate of drug-likeness (QED) is 0.785. The zero-order valence-corrected chi connectivity index (χ0v) is 14.5. The van der Waals surface area contributed by atoms with Crippen molar-refractivity contribution < 1.29 is 4.79 Å². The summed E-state index contributed by atoms with van der Waals surface area (Å²) in [6.07, 6.45) is 3.96. The summed E-state index contributed by atoms with van der Waals surface area (Å²) in [5.74, 6) is 0.490. The first kappa shape index (κ1) is 15.9. The van der Waals surface area contributed by atoms with E-state index in [-0.39, 0.29) is 11.8 Å². The minimum absolute atomic E-state index is 0.0932. The van der Waals surface area contributed by atoms with Gasteiger partial charge in [0.05, 0.1) is 5.92 Å². The van der Waals surface area contributed by atoms with Gasteiger partial charge >= 0.3 is 0 Å². The lowest BCUT2D eigenvalue weighted by molar-refractivity contribution is -0.133. The Labute approximate surface area is 147 Å². The molecule has 1 aliphatic rings. The van der Waals surface area contributed by atoms with Crippen molar-refractivity contribution in [1.82, 2.24) is 14.9 Å². The van der Waals surface area contributed by atoms with Crippen LogP contribution >= 0.6 is 0 Å². The Bertz CT molecular complexity index is 838. The summed E-state index contributed by atoms with van der Waals surface area (Å²) < 4.78 is 0. The van der Waals surface area contributed by atoms with E-state index < -0.39 is 0 Å². The van der Waals surface area contributed by atoms with Crippen LogP contribution in [0.25, 0.3) is 11.0 Å².